The van der Waals surface area contributed by atoms with Gasteiger partial charge in [0.1, 0.15) is 0 Å². The van der Waals surface area contributed by atoms with Gasteiger partial charge in [-0.05, 0) is 117 Å². The molecular formula is C38H37N3S2. The minimum Gasteiger partial charge on any atom is -0.372 e. The normalized spacial score (nSPS) is 12.2. The maximum Gasteiger partial charge on any atom is 0.269 e. The van der Waals surface area contributed by atoms with E-state index in [4.69, 9.17) is 6.57 Å². The number of nitrogens with zero attached hydrogens (tertiary/aromatic N) is 3. The zero-order valence-electron chi connectivity index (χ0n) is 25.7. The van der Waals surface area contributed by atoms with Gasteiger partial charge in [-0.15, -0.1) is 22.7 Å². The van der Waals surface area contributed by atoms with Gasteiger partial charge in [0.15, 0.2) is 0 Å². The van der Waals surface area contributed by atoms with E-state index in [1.165, 1.54) is 48.1 Å². The summed E-state index contributed by atoms with van der Waals surface area (Å²) < 4.78 is 0. The summed E-state index contributed by atoms with van der Waals surface area (Å²) in [6, 6.07) is 20.5. The van der Waals surface area contributed by atoms with Crippen LogP contribution in [0.2, 0.25) is 0 Å². The Hall–Kier alpha value is -4.42. The second-order valence-corrected chi connectivity index (χ2v) is 12.4. The molecule has 0 saturated heterocycles. The fourth-order valence-electron chi connectivity index (χ4n) is 4.86. The maximum atomic E-state index is 9.55. The Labute approximate surface area is 264 Å². The van der Waals surface area contributed by atoms with Crippen LogP contribution in [0.4, 0.5) is 5.69 Å². The fourth-order valence-corrected chi connectivity index (χ4v) is 7.10. The Morgan fingerprint density at radius 2 is 1.23 bits per heavy atom. The summed E-state index contributed by atoms with van der Waals surface area (Å²) in [5.41, 5.74) is 9.15. The molecule has 43 heavy (non-hydrogen) atoms. The van der Waals surface area contributed by atoms with Crippen molar-refractivity contribution < 1.29 is 0 Å². The quantitative estimate of drug-likeness (QED) is 0.103. The highest BCUT2D eigenvalue weighted by Gasteiger charge is 2.12. The van der Waals surface area contributed by atoms with Gasteiger partial charge in [0.25, 0.3) is 5.70 Å². The van der Waals surface area contributed by atoms with Gasteiger partial charge < -0.3 is 4.90 Å². The number of anilines is 1. The van der Waals surface area contributed by atoms with E-state index < -0.39 is 0 Å². The Morgan fingerprint density at radius 1 is 0.744 bits per heavy atom. The lowest BCUT2D eigenvalue weighted by Crippen LogP contribution is -2.21. The van der Waals surface area contributed by atoms with Crippen LogP contribution in [0, 0.1) is 45.6 Å². The lowest BCUT2D eigenvalue weighted by molar-refractivity contribution is 0.866. The topological polar surface area (TPSA) is 31.4 Å². The first-order valence-corrected chi connectivity index (χ1v) is 16.1. The largest absolute Gasteiger partial charge is 0.372 e. The van der Waals surface area contributed by atoms with Gasteiger partial charge in [-0.1, -0.05) is 54.6 Å². The molecule has 0 fully saturated rings. The number of allylic oxidation sites excluding steroid dienone is 3. The molecule has 0 bridgehead atoms. The van der Waals surface area contributed by atoms with Gasteiger partial charge in [0.2, 0.25) is 0 Å². The van der Waals surface area contributed by atoms with Crippen LogP contribution < -0.4 is 4.90 Å². The molecule has 0 aliphatic carbocycles. The number of rotatable bonds is 10. The molecule has 2 aromatic heterocycles. The smallest absolute Gasteiger partial charge is 0.269 e. The van der Waals surface area contributed by atoms with Crippen molar-refractivity contribution in [3.05, 3.63) is 131 Å². The van der Waals surface area contributed by atoms with Crippen molar-refractivity contribution in [3.63, 3.8) is 0 Å². The van der Waals surface area contributed by atoms with Gasteiger partial charge >= 0.3 is 0 Å². The monoisotopic (exact) mass is 599 g/mol. The standard InChI is InChI=1S/C38H37N3S2/c1-8-41(9-2)32-18-15-30(16-19-32)17-21-35-26(3)28(5)37(42-35)23-24-38-29(6)27(4)36(43-38)22-20-33(34(25-39)40-7)31-13-11-10-12-14-31/h10-24H,8-9H2,1-6H3/b21-17?,22-20?,24-23?,34-33+. The molecule has 4 aromatic rings. The van der Waals surface area contributed by atoms with E-state index in [0.29, 0.717) is 5.57 Å². The average Bonchev–Trinajstić information content (AvgIpc) is 3.47. The van der Waals surface area contributed by atoms with E-state index in [1.54, 1.807) is 11.3 Å². The van der Waals surface area contributed by atoms with Crippen LogP contribution in [0.1, 0.15) is 66.7 Å². The zero-order chi connectivity index (χ0) is 30.9. The molecule has 2 aromatic carbocycles. The van der Waals surface area contributed by atoms with E-state index in [1.807, 2.05) is 53.8 Å². The molecule has 2 heterocycles. The molecule has 0 atom stereocenters. The number of thiophene rings is 2. The van der Waals surface area contributed by atoms with Crippen LogP contribution in [0.5, 0.6) is 0 Å². The minimum atomic E-state index is 0.0959. The predicted octanol–water partition coefficient (Wildman–Crippen LogP) is 11.1. The second-order valence-electron chi connectivity index (χ2n) is 10.3. The minimum absolute atomic E-state index is 0.0959. The van der Waals surface area contributed by atoms with E-state index >= 15 is 0 Å². The van der Waals surface area contributed by atoms with Gasteiger partial charge in [-0.25, -0.2) is 10.1 Å². The summed E-state index contributed by atoms with van der Waals surface area (Å²) in [6.45, 7) is 22.6. The number of nitriles is 1. The summed E-state index contributed by atoms with van der Waals surface area (Å²) >= 11 is 3.55. The molecule has 4 rings (SSSR count). The number of hydrogen-bond donors (Lipinski definition) is 0. The number of hydrogen-bond acceptors (Lipinski definition) is 4. The lowest BCUT2D eigenvalue weighted by atomic mass is 10.0. The Kier molecular flexibility index (Phi) is 10.7. The van der Waals surface area contributed by atoms with Crippen molar-refractivity contribution in [1.82, 2.24) is 0 Å². The Balaban J connectivity index is 1.56. The Morgan fingerprint density at radius 3 is 1.70 bits per heavy atom. The molecule has 0 amide bonds. The first-order chi connectivity index (χ1) is 20.8. The summed E-state index contributed by atoms with van der Waals surface area (Å²) in [6.07, 6.45) is 12.8. The highest BCUT2D eigenvalue weighted by molar-refractivity contribution is 7.15. The summed E-state index contributed by atoms with van der Waals surface area (Å²) in [4.78, 5) is 10.7. The molecule has 0 aliphatic rings. The van der Waals surface area contributed by atoms with Crippen molar-refractivity contribution in [2.24, 2.45) is 0 Å². The van der Waals surface area contributed by atoms with E-state index in [2.05, 4.69) is 106 Å². The van der Waals surface area contributed by atoms with E-state index in [9.17, 15) is 5.26 Å². The highest BCUT2D eigenvalue weighted by Crippen LogP contribution is 2.34. The molecule has 216 valence electrons. The predicted molar refractivity (Wildman–Crippen MR) is 190 cm³/mol. The van der Waals surface area contributed by atoms with Crippen LogP contribution in [0.15, 0.2) is 66.4 Å². The SMILES string of the molecule is [C-]#[N+]/C(C#N)=C(\C=Cc1sc(C=Cc2sc(C=Cc3ccc(N(CC)CC)cc3)c(C)c2C)c(C)c1C)c1ccccc1. The lowest BCUT2D eigenvalue weighted by Gasteiger charge is -2.20. The van der Waals surface area contributed by atoms with E-state index in [0.717, 1.165) is 23.5 Å². The third-order valence-electron chi connectivity index (χ3n) is 7.84. The summed E-state index contributed by atoms with van der Waals surface area (Å²) in [5.74, 6) is 0. The molecule has 0 aliphatic heterocycles. The molecule has 0 spiro atoms. The zero-order valence-corrected chi connectivity index (χ0v) is 27.4. The third kappa shape index (κ3) is 7.33. The summed E-state index contributed by atoms with van der Waals surface area (Å²) in [5, 5.41) is 9.55. The summed E-state index contributed by atoms with van der Waals surface area (Å²) in [7, 11) is 0. The molecule has 0 N–H and O–H groups in total. The van der Waals surface area contributed by atoms with Crippen molar-refractivity contribution in [1.29, 1.82) is 5.26 Å². The van der Waals surface area contributed by atoms with Gasteiger partial charge in [-0.2, -0.15) is 0 Å². The van der Waals surface area contributed by atoms with Gasteiger partial charge in [-0.3, -0.25) is 0 Å². The third-order valence-corrected chi connectivity index (χ3v) is 10.5. The molecular weight excluding hydrogens is 563 g/mol. The first-order valence-electron chi connectivity index (χ1n) is 14.5. The van der Waals surface area contributed by atoms with Gasteiger partial charge in [0.05, 0.1) is 12.6 Å². The molecule has 3 nitrogen and oxygen atoms in total. The second kappa shape index (κ2) is 14.7. The molecule has 0 saturated carbocycles. The first kappa shape index (κ1) is 31.5. The molecule has 5 heteroatoms. The highest BCUT2D eigenvalue weighted by atomic mass is 32.1. The van der Waals surface area contributed by atoms with Crippen LogP contribution in [-0.2, 0) is 0 Å². The van der Waals surface area contributed by atoms with Crippen LogP contribution in [0.3, 0.4) is 0 Å². The van der Waals surface area contributed by atoms with Crippen molar-refractivity contribution in [2.75, 3.05) is 18.0 Å². The van der Waals surface area contributed by atoms with Gasteiger partial charge in [0, 0.05) is 38.3 Å². The molecule has 0 unspecified atom stereocenters. The van der Waals surface area contributed by atoms with Crippen LogP contribution in [0.25, 0.3) is 40.8 Å². The average molecular weight is 600 g/mol. The Bertz CT molecular complexity index is 1760. The molecule has 0 radical (unpaired) electrons. The fraction of sp³-hybridized carbons (Fsp3) is 0.211. The van der Waals surface area contributed by atoms with Crippen molar-refractivity contribution in [3.8, 4) is 6.07 Å². The van der Waals surface area contributed by atoms with Crippen molar-refractivity contribution in [2.45, 2.75) is 41.5 Å². The van der Waals surface area contributed by atoms with Crippen LogP contribution in [-0.4, -0.2) is 13.1 Å². The number of benzene rings is 2. The van der Waals surface area contributed by atoms with E-state index in [-0.39, 0.29) is 5.70 Å². The van der Waals surface area contributed by atoms with Crippen molar-refractivity contribution >= 4 is 64.3 Å². The van der Waals surface area contributed by atoms with Crippen LogP contribution >= 0.6 is 22.7 Å². The maximum absolute atomic E-state index is 9.55.